The van der Waals surface area contributed by atoms with E-state index in [1.807, 2.05) is 6.20 Å². The molecule has 0 radical (unpaired) electrons. The van der Waals surface area contributed by atoms with Crippen molar-refractivity contribution in [3.05, 3.63) is 12.3 Å². The van der Waals surface area contributed by atoms with E-state index in [1.165, 1.54) is 0 Å². The molecule has 3 nitrogen and oxygen atoms in total. The molecule has 0 saturated carbocycles. The van der Waals surface area contributed by atoms with Gasteiger partial charge in [0.05, 0.1) is 0 Å². The summed E-state index contributed by atoms with van der Waals surface area (Å²) in [6.07, 6.45) is 4.95. The van der Waals surface area contributed by atoms with Crippen LogP contribution in [0.1, 0.15) is 6.42 Å². The minimum Gasteiger partial charge on any atom is -0.364 e. The first kappa shape index (κ1) is 5.77. The molecule has 2 rings (SSSR count). The minimum absolute atomic E-state index is 0.105. The summed E-state index contributed by atoms with van der Waals surface area (Å²) in [7, 11) is 0. The molecule has 0 aromatic carbocycles. The first-order valence-electron chi connectivity index (χ1n) is 3.58. The number of hydrogen-bond acceptors (Lipinski definition) is 2. The maximum absolute atomic E-state index is 11.1. The molecule has 54 valence electrons. The second-order valence-electron chi connectivity index (χ2n) is 2.67. The molecule has 1 atom stereocenters. The molecule has 10 heavy (non-hydrogen) atoms. The first-order chi connectivity index (χ1) is 4.88. The molecule has 3 heteroatoms. The molecular formula is C7H10N2O. The third-order valence-corrected chi connectivity index (χ3v) is 2.03. The smallest absolute Gasteiger partial charge is 0.243 e. The quantitative estimate of drug-likeness (QED) is 0.498. The predicted molar refractivity (Wildman–Crippen MR) is 37.3 cm³/mol. The van der Waals surface area contributed by atoms with Gasteiger partial charge >= 0.3 is 0 Å². The summed E-state index contributed by atoms with van der Waals surface area (Å²) in [6, 6.07) is 0.105. The van der Waals surface area contributed by atoms with Gasteiger partial charge < -0.3 is 10.2 Å². The molecule has 0 aromatic rings. The monoisotopic (exact) mass is 138 g/mol. The molecule has 2 aliphatic rings. The molecule has 1 amide bonds. The lowest BCUT2D eigenvalue weighted by Gasteiger charge is -2.29. The third-order valence-electron chi connectivity index (χ3n) is 2.03. The molecule has 0 spiro atoms. The van der Waals surface area contributed by atoms with Crippen LogP contribution in [-0.4, -0.2) is 29.9 Å². The van der Waals surface area contributed by atoms with Crippen molar-refractivity contribution in [3.63, 3.8) is 0 Å². The standard InChI is InChI=1S/C7H10N2O/c10-7-6-2-1-4-9(6)5-3-8-7/h1,4,6H,2-3,5H2,(H,8,10). The van der Waals surface area contributed by atoms with Crippen LogP contribution >= 0.6 is 0 Å². The average Bonchev–Trinajstić information content (AvgIpc) is 2.36. The second kappa shape index (κ2) is 2.01. The van der Waals surface area contributed by atoms with Gasteiger partial charge in [0.25, 0.3) is 0 Å². The van der Waals surface area contributed by atoms with E-state index in [2.05, 4.69) is 16.3 Å². The highest BCUT2D eigenvalue weighted by Gasteiger charge is 2.28. The number of amides is 1. The molecule has 1 fully saturated rings. The third kappa shape index (κ3) is 0.701. The molecule has 0 aromatic heterocycles. The Morgan fingerprint density at radius 3 is 3.40 bits per heavy atom. The number of nitrogens with one attached hydrogen (secondary N) is 1. The zero-order valence-corrected chi connectivity index (χ0v) is 5.71. The molecule has 1 N–H and O–H groups in total. The zero-order chi connectivity index (χ0) is 6.97. The van der Waals surface area contributed by atoms with E-state index >= 15 is 0 Å². The highest BCUT2D eigenvalue weighted by Crippen LogP contribution is 2.15. The van der Waals surface area contributed by atoms with Crippen molar-refractivity contribution < 1.29 is 4.79 Å². The van der Waals surface area contributed by atoms with Gasteiger partial charge in [-0.05, 0) is 12.6 Å². The van der Waals surface area contributed by atoms with E-state index in [9.17, 15) is 4.79 Å². The fourth-order valence-corrected chi connectivity index (χ4v) is 1.48. The van der Waals surface area contributed by atoms with Crippen LogP contribution in [0, 0.1) is 0 Å². The Bertz CT molecular complexity index is 188. The number of fused-ring (bicyclic) bond motifs is 1. The maximum atomic E-state index is 11.1. The summed E-state index contributed by atoms with van der Waals surface area (Å²) >= 11 is 0. The Kier molecular flexibility index (Phi) is 1.16. The molecular weight excluding hydrogens is 128 g/mol. The Morgan fingerprint density at radius 2 is 2.60 bits per heavy atom. The second-order valence-corrected chi connectivity index (χ2v) is 2.67. The fourth-order valence-electron chi connectivity index (χ4n) is 1.48. The molecule has 2 heterocycles. The highest BCUT2D eigenvalue weighted by atomic mass is 16.2. The van der Waals surface area contributed by atoms with Crippen LogP contribution in [-0.2, 0) is 4.79 Å². The van der Waals surface area contributed by atoms with Gasteiger partial charge in [-0.3, -0.25) is 4.79 Å². The van der Waals surface area contributed by atoms with Crippen molar-refractivity contribution in [3.8, 4) is 0 Å². The van der Waals surface area contributed by atoms with Gasteiger partial charge in [0, 0.05) is 13.1 Å². The van der Waals surface area contributed by atoms with Crippen LogP contribution in [0.25, 0.3) is 0 Å². The van der Waals surface area contributed by atoms with Crippen molar-refractivity contribution in [1.29, 1.82) is 0 Å². The van der Waals surface area contributed by atoms with Gasteiger partial charge in [-0.25, -0.2) is 0 Å². The summed E-state index contributed by atoms with van der Waals surface area (Å²) in [4.78, 5) is 13.2. The topological polar surface area (TPSA) is 32.3 Å². The van der Waals surface area contributed by atoms with Crippen molar-refractivity contribution in [2.75, 3.05) is 13.1 Å². The molecule has 0 aliphatic carbocycles. The largest absolute Gasteiger partial charge is 0.364 e. The Morgan fingerprint density at radius 1 is 1.70 bits per heavy atom. The highest BCUT2D eigenvalue weighted by molar-refractivity contribution is 5.83. The van der Waals surface area contributed by atoms with Gasteiger partial charge in [-0.1, -0.05) is 6.08 Å². The predicted octanol–water partition coefficient (Wildman–Crippen LogP) is -0.296. The van der Waals surface area contributed by atoms with E-state index in [0.29, 0.717) is 0 Å². The summed E-state index contributed by atoms with van der Waals surface area (Å²) < 4.78 is 0. The van der Waals surface area contributed by atoms with Crippen LogP contribution in [0.3, 0.4) is 0 Å². The minimum atomic E-state index is 0.105. The van der Waals surface area contributed by atoms with Gasteiger partial charge in [-0.2, -0.15) is 0 Å². The number of rotatable bonds is 0. The number of nitrogens with zero attached hydrogens (tertiary/aromatic N) is 1. The average molecular weight is 138 g/mol. The van der Waals surface area contributed by atoms with Crippen LogP contribution in [0.4, 0.5) is 0 Å². The molecule has 2 aliphatic heterocycles. The van der Waals surface area contributed by atoms with Gasteiger partial charge in [0.15, 0.2) is 0 Å². The lowest BCUT2D eigenvalue weighted by molar-refractivity contribution is -0.127. The normalized spacial score (nSPS) is 30.2. The Labute approximate surface area is 59.7 Å². The van der Waals surface area contributed by atoms with Gasteiger partial charge in [-0.15, -0.1) is 0 Å². The summed E-state index contributed by atoms with van der Waals surface area (Å²) in [6.45, 7) is 1.76. The van der Waals surface area contributed by atoms with Crippen LogP contribution in [0.5, 0.6) is 0 Å². The molecule has 1 saturated heterocycles. The fraction of sp³-hybridized carbons (Fsp3) is 0.571. The van der Waals surface area contributed by atoms with Crippen molar-refractivity contribution in [2.24, 2.45) is 0 Å². The number of carbonyl (C=O) groups excluding carboxylic acids is 1. The Balaban J connectivity index is 2.14. The molecule has 1 unspecified atom stereocenters. The van der Waals surface area contributed by atoms with E-state index in [1.54, 1.807) is 0 Å². The zero-order valence-electron chi connectivity index (χ0n) is 5.71. The first-order valence-corrected chi connectivity index (χ1v) is 3.58. The van der Waals surface area contributed by atoms with E-state index in [-0.39, 0.29) is 11.9 Å². The number of carbonyl (C=O) groups is 1. The van der Waals surface area contributed by atoms with Gasteiger partial charge in [0.1, 0.15) is 6.04 Å². The van der Waals surface area contributed by atoms with E-state index in [0.717, 1.165) is 19.5 Å². The van der Waals surface area contributed by atoms with Crippen LogP contribution in [0.2, 0.25) is 0 Å². The summed E-state index contributed by atoms with van der Waals surface area (Å²) in [5.41, 5.74) is 0. The van der Waals surface area contributed by atoms with E-state index in [4.69, 9.17) is 0 Å². The molecule has 0 bridgehead atoms. The summed E-state index contributed by atoms with van der Waals surface area (Å²) in [5, 5.41) is 2.83. The van der Waals surface area contributed by atoms with Crippen LogP contribution in [0.15, 0.2) is 12.3 Å². The summed E-state index contributed by atoms with van der Waals surface area (Å²) in [5.74, 6) is 0.177. The maximum Gasteiger partial charge on any atom is 0.243 e. The van der Waals surface area contributed by atoms with Crippen molar-refractivity contribution >= 4 is 5.91 Å². The lowest BCUT2D eigenvalue weighted by Crippen LogP contribution is -2.50. The van der Waals surface area contributed by atoms with E-state index < -0.39 is 0 Å². The Hall–Kier alpha value is -0.990. The number of hydrogen-bond donors (Lipinski definition) is 1. The van der Waals surface area contributed by atoms with Gasteiger partial charge in [0.2, 0.25) is 5.91 Å². The van der Waals surface area contributed by atoms with Crippen molar-refractivity contribution in [1.82, 2.24) is 10.2 Å². The van der Waals surface area contributed by atoms with Crippen molar-refractivity contribution in [2.45, 2.75) is 12.5 Å². The van der Waals surface area contributed by atoms with Crippen LogP contribution < -0.4 is 5.32 Å². The lowest BCUT2D eigenvalue weighted by atomic mass is 10.2. The number of piperazine rings is 1. The SMILES string of the molecule is O=C1NCCN2C=CCC12.